The molecule has 0 heterocycles. The number of rotatable bonds is 3. The maximum atomic E-state index is 11.8. The number of amides is 1. The van der Waals surface area contributed by atoms with Gasteiger partial charge in [-0.1, -0.05) is 17.7 Å². The molecule has 0 saturated carbocycles. The highest BCUT2D eigenvalue weighted by atomic mass is 16.2. The van der Waals surface area contributed by atoms with E-state index in [9.17, 15) is 4.79 Å². The first kappa shape index (κ1) is 11.7. The van der Waals surface area contributed by atoms with Crippen LogP contribution in [0.15, 0.2) is 24.3 Å². The van der Waals surface area contributed by atoms with Crippen molar-refractivity contribution in [3.63, 3.8) is 0 Å². The molecule has 3 heteroatoms. The first-order valence-electron chi connectivity index (χ1n) is 5.20. The van der Waals surface area contributed by atoms with E-state index in [0.29, 0.717) is 6.54 Å². The Balaban J connectivity index is 2.92. The molecule has 15 heavy (non-hydrogen) atoms. The van der Waals surface area contributed by atoms with Gasteiger partial charge in [0.15, 0.2) is 0 Å². The minimum Gasteiger partial charge on any atom is -0.320 e. The fourth-order valence-electron chi connectivity index (χ4n) is 1.44. The molecular formula is C12H18N2O. The third-order valence-corrected chi connectivity index (χ3v) is 2.32. The molecule has 1 atom stereocenters. The van der Waals surface area contributed by atoms with E-state index in [0.717, 1.165) is 5.69 Å². The topological polar surface area (TPSA) is 46.3 Å². The summed E-state index contributed by atoms with van der Waals surface area (Å²) in [5.74, 6) is -0.0404. The lowest BCUT2D eigenvalue weighted by Crippen LogP contribution is -2.42. The third-order valence-electron chi connectivity index (χ3n) is 2.32. The van der Waals surface area contributed by atoms with Crippen LogP contribution in [0.3, 0.4) is 0 Å². The van der Waals surface area contributed by atoms with Gasteiger partial charge < -0.3 is 10.6 Å². The summed E-state index contributed by atoms with van der Waals surface area (Å²) in [6.45, 7) is 6.32. The Morgan fingerprint density at radius 2 is 1.93 bits per heavy atom. The molecule has 82 valence electrons. The summed E-state index contributed by atoms with van der Waals surface area (Å²) >= 11 is 0. The second-order valence-electron chi connectivity index (χ2n) is 3.71. The molecule has 2 N–H and O–H groups in total. The Morgan fingerprint density at radius 3 is 2.33 bits per heavy atom. The Kier molecular flexibility index (Phi) is 3.86. The van der Waals surface area contributed by atoms with E-state index in [1.54, 1.807) is 11.8 Å². The normalized spacial score (nSPS) is 12.3. The van der Waals surface area contributed by atoms with Crippen molar-refractivity contribution < 1.29 is 4.79 Å². The number of nitrogens with zero attached hydrogens (tertiary/aromatic N) is 1. The summed E-state index contributed by atoms with van der Waals surface area (Å²) in [6, 6.07) is 7.42. The van der Waals surface area contributed by atoms with Crippen molar-refractivity contribution >= 4 is 11.6 Å². The number of anilines is 1. The van der Waals surface area contributed by atoms with E-state index >= 15 is 0 Å². The van der Waals surface area contributed by atoms with Gasteiger partial charge in [-0.3, -0.25) is 4.79 Å². The summed E-state index contributed by atoms with van der Waals surface area (Å²) in [4.78, 5) is 13.5. The summed E-state index contributed by atoms with van der Waals surface area (Å²) in [5.41, 5.74) is 7.68. The largest absolute Gasteiger partial charge is 0.320 e. The van der Waals surface area contributed by atoms with Gasteiger partial charge in [-0.05, 0) is 32.9 Å². The second kappa shape index (κ2) is 4.94. The number of hydrogen-bond acceptors (Lipinski definition) is 2. The van der Waals surface area contributed by atoms with Crippen molar-refractivity contribution in [3.8, 4) is 0 Å². The summed E-state index contributed by atoms with van der Waals surface area (Å²) in [5, 5.41) is 0. The van der Waals surface area contributed by atoms with Crippen molar-refractivity contribution in [2.75, 3.05) is 11.4 Å². The second-order valence-corrected chi connectivity index (χ2v) is 3.71. The van der Waals surface area contributed by atoms with Crippen LogP contribution in [-0.4, -0.2) is 18.5 Å². The third kappa shape index (κ3) is 2.80. The molecule has 0 bridgehead atoms. The van der Waals surface area contributed by atoms with E-state index in [1.165, 1.54) is 5.56 Å². The fourth-order valence-corrected chi connectivity index (χ4v) is 1.44. The highest BCUT2D eigenvalue weighted by Gasteiger charge is 2.16. The van der Waals surface area contributed by atoms with E-state index in [4.69, 9.17) is 5.73 Å². The van der Waals surface area contributed by atoms with Crippen molar-refractivity contribution in [2.24, 2.45) is 5.73 Å². The number of carbonyl (C=O) groups excluding carboxylic acids is 1. The van der Waals surface area contributed by atoms with E-state index in [-0.39, 0.29) is 5.91 Å². The number of carbonyl (C=O) groups is 1. The lowest BCUT2D eigenvalue weighted by atomic mass is 10.2. The average Bonchev–Trinajstić information content (AvgIpc) is 2.21. The highest BCUT2D eigenvalue weighted by molar-refractivity contribution is 5.96. The Labute approximate surface area is 90.9 Å². The van der Waals surface area contributed by atoms with Gasteiger partial charge >= 0.3 is 0 Å². The van der Waals surface area contributed by atoms with Gasteiger partial charge in [0.1, 0.15) is 0 Å². The highest BCUT2D eigenvalue weighted by Crippen LogP contribution is 2.15. The average molecular weight is 206 g/mol. The SMILES string of the molecule is CCN(C(=O)[C@@H](C)N)c1ccc(C)cc1. The van der Waals surface area contributed by atoms with E-state index in [1.807, 2.05) is 38.1 Å². The Morgan fingerprint density at radius 1 is 1.40 bits per heavy atom. The molecule has 1 aromatic rings. The van der Waals surface area contributed by atoms with Gasteiger partial charge in [0.05, 0.1) is 6.04 Å². The molecule has 0 aromatic heterocycles. The van der Waals surface area contributed by atoms with Gasteiger partial charge in [0, 0.05) is 12.2 Å². The van der Waals surface area contributed by atoms with Crippen LogP contribution in [0.5, 0.6) is 0 Å². The molecule has 0 aliphatic heterocycles. The summed E-state index contributed by atoms with van der Waals surface area (Å²) in [6.07, 6.45) is 0. The van der Waals surface area contributed by atoms with Crippen molar-refractivity contribution in [1.82, 2.24) is 0 Å². The minimum absolute atomic E-state index is 0.0404. The van der Waals surface area contributed by atoms with Crippen LogP contribution >= 0.6 is 0 Å². The predicted octanol–water partition coefficient (Wildman–Crippen LogP) is 1.70. The number of hydrogen-bond donors (Lipinski definition) is 1. The van der Waals surface area contributed by atoms with Gasteiger partial charge in [0.25, 0.3) is 0 Å². The standard InChI is InChI=1S/C12H18N2O/c1-4-14(12(15)10(3)13)11-7-5-9(2)6-8-11/h5-8,10H,4,13H2,1-3H3/t10-/m1/s1. The van der Waals surface area contributed by atoms with Gasteiger partial charge in [-0.25, -0.2) is 0 Å². The van der Waals surface area contributed by atoms with Crippen LogP contribution in [0, 0.1) is 6.92 Å². The van der Waals surface area contributed by atoms with Crippen LogP contribution in [-0.2, 0) is 4.79 Å². The fraction of sp³-hybridized carbons (Fsp3) is 0.417. The molecule has 0 unspecified atom stereocenters. The zero-order valence-corrected chi connectivity index (χ0v) is 9.53. The number of nitrogens with two attached hydrogens (primary N) is 1. The zero-order chi connectivity index (χ0) is 11.4. The van der Waals surface area contributed by atoms with E-state index in [2.05, 4.69) is 0 Å². The van der Waals surface area contributed by atoms with Crippen LogP contribution in [0.4, 0.5) is 5.69 Å². The van der Waals surface area contributed by atoms with Crippen LogP contribution < -0.4 is 10.6 Å². The molecule has 0 radical (unpaired) electrons. The molecule has 1 aromatic carbocycles. The maximum absolute atomic E-state index is 11.8. The molecule has 0 aliphatic rings. The molecule has 0 spiro atoms. The lowest BCUT2D eigenvalue weighted by molar-refractivity contribution is -0.119. The molecular weight excluding hydrogens is 188 g/mol. The molecule has 1 amide bonds. The van der Waals surface area contributed by atoms with E-state index < -0.39 is 6.04 Å². The molecule has 0 fully saturated rings. The smallest absolute Gasteiger partial charge is 0.243 e. The van der Waals surface area contributed by atoms with Crippen molar-refractivity contribution in [1.29, 1.82) is 0 Å². The maximum Gasteiger partial charge on any atom is 0.243 e. The Bertz CT molecular complexity index is 330. The minimum atomic E-state index is -0.453. The monoisotopic (exact) mass is 206 g/mol. The van der Waals surface area contributed by atoms with Crippen LogP contribution in [0.25, 0.3) is 0 Å². The van der Waals surface area contributed by atoms with Crippen molar-refractivity contribution in [3.05, 3.63) is 29.8 Å². The van der Waals surface area contributed by atoms with Gasteiger partial charge in [-0.15, -0.1) is 0 Å². The number of aryl methyl sites for hydroxylation is 1. The lowest BCUT2D eigenvalue weighted by Gasteiger charge is -2.23. The molecule has 0 saturated heterocycles. The summed E-state index contributed by atoms with van der Waals surface area (Å²) < 4.78 is 0. The van der Waals surface area contributed by atoms with Crippen LogP contribution in [0.2, 0.25) is 0 Å². The number of benzene rings is 1. The van der Waals surface area contributed by atoms with Gasteiger partial charge in [0.2, 0.25) is 5.91 Å². The predicted molar refractivity (Wildman–Crippen MR) is 62.9 cm³/mol. The van der Waals surface area contributed by atoms with Crippen molar-refractivity contribution in [2.45, 2.75) is 26.8 Å². The quantitative estimate of drug-likeness (QED) is 0.818. The summed E-state index contributed by atoms with van der Waals surface area (Å²) in [7, 11) is 0. The first-order chi connectivity index (χ1) is 7.06. The van der Waals surface area contributed by atoms with Gasteiger partial charge in [-0.2, -0.15) is 0 Å². The molecule has 1 rings (SSSR count). The first-order valence-corrected chi connectivity index (χ1v) is 5.20. The van der Waals surface area contributed by atoms with Crippen LogP contribution in [0.1, 0.15) is 19.4 Å². The Hall–Kier alpha value is -1.35. The number of likely N-dealkylation sites (N-methyl/N-ethyl adjacent to an activating group) is 1. The zero-order valence-electron chi connectivity index (χ0n) is 9.53. The molecule has 0 aliphatic carbocycles. The molecule has 3 nitrogen and oxygen atoms in total.